The summed E-state index contributed by atoms with van der Waals surface area (Å²) in [5, 5.41) is 12.2. The van der Waals surface area contributed by atoms with Gasteiger partial charge in [-0.1, -0.05) is 12.1 Å². The lowest BCUT2D eigenvalue weighted by Crippen LogP contribution is -2.59. The molecule has 2 atom stereocenters. The Morgan fingerprint density at radius 3 is 2.32 bits per heavy atom. The highest BCUT2D eigenvalue weighted by Gasteiger charge is 2.57. The maximum absolute atomic E-state index is 13.1. The van der Waals surface area contributed by atoms with E-state index < -0.39 is 39.7 Å². The number of nitrogens with one attached hydrogen (secondary N) is 1. The van der Waals surface area contributed by atoms with Gasteiger partial charge in [0, 0.05) is 16.9 Å². The zero-order chi connectivity index (χ0) is 21.3. The van der Waals surface area contributed by atoms with Crippen molar-refractivity contribution in [3.63, 3.8) is 0 Å². The van der Waals surface area contributed by atoms with Crippen molar-refractivity contribution in [2.45, 2.75) is 55.8 Å². The predicted octanol–water partition coefficient (Wildman–Crippen LogP) is 2.08. The third-order valence-corrected chi connectivity index (χ3v) is 6.11. The fourth-order valence-electron chi connectivity index (χ4n) is 3.57. The number of amides is 2. The molecule has 0 aliphatic carbocycles. The number of rotatable bonds is 5. The summed E-state index contributed by atoms with van der Waals surface area (Å²) in [5.41, 5.74) is 6.95. The molecule has 1 aliphatic rings. The van der Waals surface area contributed by atoms with Crippen LogP contribution in [0.1, 0.15) is 33.3 Å². The van der Waals surface area contributed by atoms with E-state index in [4.69, 9.17) is 10.5 Å². The number of carbonyl (C=O) groups is 3. The largest absolute Gasteiger partial charge is 0.480 e. The van der Waals surface area contributed by atoms with Crippen molar-refractivity contribution >= 4 is 35.4 Å². The highest BCUT2D eigenvalue weighted by atomic mass is 32.2. The molecule has 0 radical (unpaired) electrons. The number of carbonyl (C=O) groups excluding carboxylic acids is 2. The van der Waals surface area contributed by atoms with Gasteiger partial charge in [0.25, 0.3) is 0 Å². The number of nitrogen functional groups attached to an aromatic ring is 1. The average molecular weight is 410 g/mol. The van der Waals surface area contributed by atoms with Crippen LogP contribution < -0.4 is 11.1 Å². The van der Waals surface area contributed by atoms with Crippen molar-refractivity contribution in [2.75, 3.05) is 12.8 Å². The van der Waals surface area contributed by atoms with E-state index in [9.17, 15) is 19.5 Å². The highest BCUT2D eigenvalue weighted by molar-refractivity contribution is 8.02. The summed E-state index contributed by atoms with van der Waals surface area (Å²) in [6, 6.07) is 4.77. The Bertz CT molecular complexity index is 763. The third-order valence-electron chi connectivity index (χ3n) is 4.66. The van der Waals surface area contributed by atoms with Gasteiger partial charge in [-0.05, 0) is 45.4 Å². The average Bonchev–Trinajstić information content (AvgIpc) is 2.78. The predicted molar refractivity (Wildman–Crippen MR) is 108 cm³/mol. The van der Waals surface area contributed by atoms with E-state index >= 15 is 0 Å². The minimum Gasteiger partial charge on any atom is -0.480 e. The molecule has 1 saturated heterocycles. The van der Waals surface area contributed by atoms with Crippen LogP contribution >= 0.6 is 11.8 Å². The minimum atomic E-state index is -1.16. The molecule has 2 unspecified atom stereocenters. The van der Waals surface area contributed by atoms with Gasteiger partial charge in [-0.15, -0.1) is 11.8 Å². The molecule has 1 fully saturated rings. The first kappa shape index (κ1) is 21.9. The lowest BCUT2D eigenvalue weighted by molar-refractivity contribution is -0.142. The van der Waals surface area contributed by atoms with Gasteiger partial charge in [0.2, 0.25) is 5.91 Å². The molecule has 28 heavy (non-hydrogen) atoms. The van der Waals surface area contributed by atoms with Gasteiger partial charge in [-0.2, -0.15) is 0 Å². The number of carboxylic acid groups (broad SMARTS) is 1. The number of carboxylic acids is 1. The first-order chi connectivity index (χ1) is 12.9. The van der Waals surface area contributed by atoms with Gasteiger partial charge in [0.05, 0.1) is 12.0 Å². The third kappa shape index (κ3) is 4.52. The van der Waals surface area contributed by atoms with E-state index in [0.29, 0.717) is 5.69 Å². The summed E-state index contributed by atoms with van der Waals surface area (Å²) in [7, 11) is 1.25. The number of methoxy groups -OCH3 is 1. The summed E-state index contributed by atoms with van der Waals surface area (Å²) in [6.45, 7) is 7.35. The minimum absolute atomic E-state index is 0.100. The Morgan fingerprint density at radius 1 is 1.25 bits per heavy atom. The van der Waals surface area contributed by atoms with Crippen molar-refractivity contribution < 1.29 is 24.2 Å². The van der Waals surface area contributed by atoms with Gasteiger partial charge in [-0.25, -0.2) is 9.59 Å². The zero-order valence-electron chi connectivity index (χ0n) is 16.7. The van der Waals surface area contributed by atoms with Crippen LogP contribution in [0.25, 0.3) is 0 Å². The van der Waals surface area contributed by atoms with E-state index in [1.54, 1.807) is 24.3 Å². The Hall–Kier alpha value is -2.42. The first-order valence-corrected chi connectivity index (χ1v) is 9.66. The highest BCUT2D eigenvalue weighted by Crippen LogP contribution is 2.51. The molecule has 9 heteroatoms. The fraction of sp³-hybridized carbons (Fsp3) is 0.526. The number of hydrogen-bond donors (Lipinski definition) is 3. The fourth-order valence-corrected chi connectivity index (χ4v) is 5.46. The lowest BCUT2D eigenvalue weighted by Gasteiger charge is -2.34. The molecule has 1 aromatic rings. The molecule has 8 nitrogen and oxygen atoms in total. The monoisotopic (exact) mass is 409 g/mol. The maximum atomic E-state index is 13.1. The molecule has 1 heterocycles. The van der Waals surface area contributed by atoms with Crippen molar-refractivity contribution in [2.24, 2.45) is 0 Å². The topological polar surface area (TPSA) is 122 Å². The van der Waals surface area contributed by atoms with Crippen molar-refractivity contribution in [1.29, 1.82) is 0 Å². The van der Waals surface area contributed by atoms with Crippen LogP contribution in [-0.4, -0.2) is 56.8 Å². The second-order valence-corrected chi connectivity index (χ2v) is 10.00. The van der Waals surface area contributed by atoms with Gasteiger partial charge in [-0.3, -0.25) is 9.69 Å². The van der Waals surface area contributed by atoms with Crippen LogP contribution in [0.15, 0.2) is 24.3 Å². The number of thioether (sulfide) groups is 1. The molecule has 2 rings (SSSR count). The summed E-state index contributed by atoms with van der Waals surface area (Å²) in [6.07, 6.45) is -0.530. The Kier molecular flexibility index (Phi) is 6.18. The maximum Gasteiger partial charge on any atom is 0.411 e. The Balaban J connectivity index is 2.26. The first-order valence-electron chi connectivity index (χ1n) is 8.84. The molecule has 2 amide bonds. The molecule has 1 aromatic carbocycles. The molecule has 1 aliphatic heterocycles. The van der Waals surface area contributed by atoms with Gasteiger partial charge >= 0.3 is 12.1 Å². The standard InChI is InChI=1S/C19H27N3O5S/c1-18(2)14(22(17(26)27-5)19(3,4)28-18)15(23)21-13(16(24)25)10-11-6-8-12(20)9-7-11/h6-9,13-14H,10,20H2,1-5H3,(H,21,23)(H,24,25). The number of benzene rings is 1. The number of anilines is 1. The summed E-state index contributed by atoms with van der Waals surface area (Å²) in [5.74, 6) is -1.69. The molecule has 0 bridgehead atoms. The summed E-state index contributed by atoms with van der Waals surface area (Å²) < 4.78 is 4.24. The van der Waals surface area contributed by atoms with Crippen molar-refractivity contribution in [3.05, 3.63) is 29.8 Å². The smallest absolute Gasteiger partial charge is 0.411 e. The second-order valence-electron chi connectivity index (χ2n) is 7.74. The number of aliphatic carboxylic acids is 1. The van der Waals surface area contributed by atoms with Gasteiger partial charge in [0.15, 0.2) is 0 Å². The normalized spacial score (nSPS) is 21.0. The lowest BCUT2D eigenvalue weighted by atomic mass is 9.98. The number of hydrogen-bond acceptors (Lipinski definition) is 6. The molecule has 4 N–H and O–H groups in total. The Labute approximate surface area is 168 Å². The van der Waals surface area contributed by atoms with E-state index in [0.717, 1.165) is 5.56 Å². The number of ether oxygens (including phenoxy) is 1. The van der Waals surface area contributed by atoms with Crippen LogP contribution in [0, 0.1) is 0 Å². The van der Waals surface area contributed by atoms with Crippen molar-refractivity contribution in [1.82, 2.24) is 10.2 Å². The summed E-state index contributed by atoms with van der Waals surface area (Å²) >= 11 is 1.46. The summed E-state index contributed by atoms with van der Waals surface area (Å²) in [4.78, 5) is 37.9. The molecular weight excluding hydrogens is 382 g/mol. The quantitative estimate of drug-likeness (QED) is 0.636. The van der Waals surface area contributed by atoms with Crippen molar-refractivity contribution in [3.8, 4) is 0 Å². The molecule has 0 spiro atoms. The van der Waals surface area contributed by atoms with E-state index in [-0.39, 0.29) is 6.42 Å². The van der Waals surface area contributed by atoms with Crippen LogP contribution in [0.2, 0.25) is 0 Å². The SMILES string of the molecule is COC(=O)N1C(C(=O)NC(Cc2ccc(N)cc2)C(=O)O)C(C)(C)SC1(C)C. The van der Waals surface area contributed by atoms with Crippen LogP contribution in [0.4, 0.5) is 10.5 Å². The number of nitrogens with zero attached hydrogens (tertiary/aromatic N) is 1. The van der Waals surface area contributed by atoms with Crippen LogP contribution in [0.5, 0.6) is 0 Å². The number of nitrogens with two attached hydrogens (primary N) is 1. The van der Waals surface area contributed by atoms with E-state index in [1.807, 2.05) is 27.7 Å². The zero-order valence-corrected chi connectivity index (χ0v) is 17.5. The van der Waals surface area contributed by atoms with E-state index in [2.05, 4.69) is 5.32 Å². The van der Waals surface area contributed by atoms with E-state index in [1.165, 1.54) is 23.8 Å². The molecule has 154 valence electrons. The van der Waals surface area contributed by atoms with Crippen LogP contribution in [-0.2, 0) is 20.7 Å². The Morgan fingerprint density at radius 2 is 1.82 bits per heavy atom. The second kappa shape index (κ2) is 7.90. The van der Waals surface area contributed by atoms with Gasteiger partial charge in [0.1, 0.15) is 12.1 Å². The molecular formula is C19H27N3O5S. The molecule has 0 aromatic heterocycles. The van der Waals surface area contributed by atoms with Gasteiger partial charge < -0.3 is 20.9 Å². The van der Waals surface area contributed by atoms with Crippen LogP contribution in [0.3, 0.4) is 0 Å². The molecule has 0 saturated carbocycles.